The highest BCUT2D eigenvalue weighted by molar-refractivity contribution is 8.00. The van der Waals surface area contributed by atoms with Crippen molar-refractivity contribution in [2.24, 2.45) is 0 Å². The molecule has 0 aliphatic carbocycles. The van der Waals surface area contributed by atoms with Crippen LogP contribution in [0.3, 0.4) is 0 Å². The lowest BCUT2D eigenvalue weighted by atomic mass is 10.2. The number of nitrogens with one attached hydrogen (secondary N) is 1. The molecule has 1 N–H and O–H groups in total. The SMILES string of the molecule is CC1CSC(C2CCC(C)O2)N1. The summed E-state index contributed by atoms with van der Waals surface area (Å²) in [6.07, 6.45) is 3.42. The summed E-state index contributed by atoms with van der Waals surface area (Å²) in [5, 5.41) is 4.11. The molecule has 0 aromatic carbocycles. The summed E-state index contributed by atoms with van der Waals surface area (Å²) in [4.78, 5) is 0. The molecule has 2 heterocycles. The number of thioether (sulfide) groups is 1. The molecule has 0 aromatic rings. The maximum absolute atomic E-state index is 5.81. The molecule has 2 rings (SSSR count). The van der Waals surface area contributed by atoms with Gasteiger partial charge >= 0.3 is 0 Å². The Morgan fingerprint density at radius 1 is 1.33 bits per heavy atom. The molecule has 2 saturated heterocycles. The second kappa shape index (κ2) is 3.56. The van der Waals surface area contributed by atoms with E-state index in [1.165, 1.54) is 18.6 Å². The van der Waals surface area contributed by atoms with Crippen LogP contribution in [0.15, 0.2) is 0 Å². The van der Waals surface area contributed by atoms with Gasteiger partial charge in [0.15, 0.2) is 0 Å². The van der Waals surface area contributed by atoms with E-state index in [2.05, 4.69) is 19.2 Å². The van der Waals surface area contributed by atoms with E-state index in [9.17, 15) is 0 Å². The fourth-order valence-corrected chi connectivity index (χ4v) is 3.23. The second-order valence-corrected chi connectivity index (χ2v) is 5.06. The molecule has 2 nitrogen and oxygen atoms in total. The van der Waals surface area contributed by atoms with Crippen molar-refractivity contribution in [3.63, 3.8) is 0 Å². The molecular formula is C9H17NOS. The molecule has 4 atom stereocenters. The van der Waals surface area contributed by atoms with Crippen molar-refractivity contribution in [2.45, 2.75) is 50.3 Å². The normalized spacial score (nSPS) is 48.5. The number of hydrogen-bond acceptors (Lipinski definition) is 3. The Labute approximate surface area is 78.4 Å². The Morgan fingerprint density at radius 3 is 2.67 bits per heavy atom. The van der Waals surface area contributed by atoms with Crippen molar-refractivity contribution < 1.29 is 4.74 Å². The van der Waals surface area contributed by atoms with Crippen molar-refractivity contribution in [1.82, 2.24) is 5.32 Å². The molecule has 2 aliphatic rings. The zero-order valence-corrected chi connectivity index (χ0v) is 8.56. The minimum absolute atomic E-state index is 0.468. The smallest absolute Gasteiger partial charge is 0.0826 e. The Bertz CT molecular complexity index is 147. The summed E-state index contributed by atoms with van der Waals surface area (Å²) in [7, 11) is 0. The second-order valence-electron chi connectivity index (χ2n) is 3.88. The van der Waals surface area contributed by atoms with Gasteiger partial charge in [-0.05, 0) is 26.7 Å². The lowest BCUT2D eigenvalue weighted by Gasteiger charge is -2.18. The van der Waals surface area contributed by atoms with Crippen LogP contribution in [0.4, 0.5) is 0 Å². The molecule has 70 valence electrons. The molecule has 0 spiro atoms. The molecule has 0 amide bonds. The first-order chi connectivity index (χ1) is 5.75. The van der Waals surface area contributed by atoms with E-state index in [1.807, 2.05) is 11.8 Å². The van der Waals surface area contributed by atoms with E-state index < -0.39 is 0 Å². The Hall–Kier alpha value is 0.270. The van der Waals surface area contributed by atoms with E-state index in [4.69, 9.17) is 4.74 Å². The van der Waals surface area contributed by atoms with Crippen LogP contribution >= 0.6 is 11.8 Å². The average molecular weight is 187 g/mol. The van der Waals surface area contributed by atoms with Crippen LogP contribution in [0.1, 0.15) is 26.7 Å². The third kappa shape index (κ3) is 1.78. The van der Waals surface area contributed by atoms with Gasteiger partial charge in [-0.25, -0.2) is 0 Å². The molecule has 0 radical (unpaired) electrons. The summed E-state index contributed by atoms with van der Waals surface area (Å²) >= 11 is 2.01. The first-order valence-electron chi connectivity index (χ1n) is 4.79. The predicted molar refractivity (Wildman–Crippen MR) is 52.4 cm³/mol. The summed E-state index contributed by atoms with van der Waals surface area (Å²) in [6.45, 7) is 4.41. The standard InChI is InChI=1S/C9H17NOS/c1-6-5-12-9(10-6)8-4-3-7(2)11-8/h6-10H,3-5H2,1-2H3. The fraction of sp³-hybridized carbons (Fsp3) is 1.00. The van der Waals surface area contributed by atoms with Crippen molar-refractivity contribution in [3.05, 3.63) is 0 Å². The fourth-order valence-electron chi connectivity index (χ4n) is 1.90. The van der Waals surface area contributed by atoms with Crippen LogP contribution in [-0.2, 0) is 4.74 Å². The summed E-state index contributed by atoms with van der Waals surface area (Å²) in [6, 6.07) is 0.666. The summed E-state index contributed by atoms with van der Waals surface area (Å²) in [5.41, 5.74) is 0. The highest BCUT2D eigenvalue weighted by Gasteiger charge is 2.33. The van der Waals surface area contributed by atoms with Crippen LogP contribution in [0.2, 0.25) is 0 Å². The highest BCUT2D eigenvalue weighted by atomic mass is 32.2. The summed E-state index contributed by atoms with van der Waals surface area (Å²) < 4.78 is 5.81. The third-order valence-corrected chi connectivity index (χ3v) is 4.07. The molecule has 0 saturated carbocycles. The minimum atomic E-state index is 0.468. The van der Waals surface area contributed by atoms with Crippen LogP contribution in [-0.4, -0.2) is 29.4 Å². The first-order valence-corrected chi connectivity index (χ1v) is 5.83. The molecule has 3 heteroatoms. The van der Waals surface area contributed by atoms with Gasteiger partial charge in [0.25, 0.3) is 0 Å². The number of hydrogen-bond donors (Lipinski definition) is 1. The van der Waals surface area contributed by atoms with Crippen molar-refractivity contribution in [2.75, 3.05) is 5.75 Å². The van der Waals surface area contributed by atoms with E-state index in [1.54, 1.807) is 0 Å². The van der Waals surface area contributed by atoms with E-state index in [0.717, 1.165) is 0 Å². The van der Waals surface area contributed by atoms with Crippen molar-refractivity contribution in [1.29, 1.82) is 0 Å². The van der Waals surface area contributed by atoms with Gasteiger partial charge in [0.05, 0.1) is 17.6 Å². The Morgan fingerprint density at radius 2 is 2.17 bits per heavy atom. The maximum atomic E-state index is 5.81. The quantitative estimate of drug-likeness (QED) is 0.674. The van der Waals surface area contributed by atoms with E-state index >= 15 is 0 Å². The molecule has 12 heavy (non-hydrogen) atoms. The molecule has 0 bridgehead atoms. The Balaban J connectivity index is 1.85. The van der Waals surface area contributed by atoms with Crippen LogP contribution in [0.5, 0.6) is 0 Å². The molecule has 2 aliphatic heterocycles. The molecule has 2 fully saturated rings. The van der Waals surface area contributed by atoms with Crippen LogP contribution < -0.4 is 5.32 Å². The lowest BCUT2D eigenvalue weighted by molar-refractivity contribution is 0.0498. The van der Waals surface area contributed by atoms with Crippen molar-refractivity contribution >= 4 is 11.8 Å². The Kier molecular flexibility index (Phi) is 2.63. The summed E-state index contributed by atoms with van der Waals surface area (Å²) in [5.74, 6) is 1.24. The predicted octanol–water partition coefficient (Wildman–Crippen LogP) is 1.60. The monoisotopic (exact) mass is 187 g/mol. The van der Waals surface area contributed by atoms with Gasteiger partial charge in [0.1, 0.15) is 0 Å². The van der Waals surface area contributed by atoms with E-state index in [0.29, 0.717) is 23.6 Å². The average Bonchev–Trinajstić information content (AvgIpc) is 2.58. The zero-order valence-electron chi connectivity index (χ0n) is 7.75. The van der Waals surface area contributed by atoms with Gasteiger partial charge in [-0.2, -0.15) is 0 Å². The van der Waals surface area contributed by atoms with Crippen molar-refractivity contribution in [3.8, 4) is 0 Å². The number of rotatable bonds is 1. The van der Waals surface area contributed by atoms with Crippen LogP contribution in [0.25, 0.3) is 0 Å². The van der Waals surface area contributed by atoms with Gasteiger partial charge < -0.3 is 4.74 Å². The highest BCUT2D eigenvalue weighted by Crippen LogP contribution is 2.30. The molecule has 0 aromatic heterocycles. The third-order valence-electron chi connectivity index (χ3n) is 2.58. The lowest BCUT2D eigenvalue weighted by Crippen LogP contribution is -2.36. The first kappa shape index (κ1) is 8.85. The van der Waals surface area contributed by atoms with E-state index in [-0.39, 0.29) is 0 Å². The topological polar surface area (TPSA) is 21.3 Å². The van der Waals surface area contributed by atoms with Gasteiger partial charge in [0, 0.05) is 11.8 Å². The van der Waals surface area contributed by atoms with Gasteiger partial charge in [-0.3, -0.25) is 5.32 Å². The van der Waals surface area contributed by atoms with Gasteiger partial charge in [-0.1, -0.05) is 0 Å². The van der Waals surface area contributed by atoms with Gasteiger partial charge in [0.2, 0.25) is 0 Å². The largest absolute Gasteiger partial charge is 0.373 e. The maximum Gasteiger partial charge on any atom is 0.0826 e. The minimum Gasteiger partial charge on any atom is -0.373 e. The van der Waals surface area contributed by atoms with Crippen LogP contribution in [0, 0.1) is 0 Å². The molecule has 4 unspecified atom stereocenters. The van der Waals surface area contributed by atoms with Gasteiger partial charge in [-0.15, -0.1) is 11.8 Å². The molecular weight excluding hydrogens is 170 g/mol. The number of ether oxygens (including phenoxy) is 1. The zero-order chi connectivity index (χ0) is 8.55.